The molecule has 1 aromatic carbocycles. The number of amidine groups is 1. The summed E-state index contributed by atoms with van der Waals surface area (Å²) in [4.78, 5) is 2.48. The van der Waals surface area contributed by atoms with Crippen LogP contribution in [0, 0.1) is 5.41 Å². The SMILES string of the molecule is CC(C)(CCN1CCC(c2ccccc2)C1)C(N)=NO. The Bertz CT molecular complexity index is 456. The van der Waals surface area contributed by atoms with E-state index in [2.05, 4.69) is 40.4 Å². The van der Waals surface area contributed by atoms with Crippen LogP contribution in [-0.4, -0.2) is 35.6 Å². The fourth-order valence-electron chi connectivity index (χ4n) is 2.73. The molecule has 1 aromatic rings. The lowest BCUT2D eigenvalue weighted by atomic mass is 9.88. The minimum atomic E-state index is -0.250. The van der Waals surface area contributed by atoms with Crippen LogP contribution in [0.4, 0.5) is 0 Å². The fraction of sp³-hybridized carbons (Fsp3) is 0.562. The van der Waals surface area contributed by atoms with Crippen molar-refractivity contribution in [1.29, 1.82) is 0 Å². The largest absolute Gasteiger partial charge is 0.409 e. The third-order valence-electron chi connectivity index (χ3n) is 4.40. The van der Waals surface area contributed by atoms with E-state index in [1.807, 2.05) is 13.8 Å². The summed E-state index contributed by atoms with van der Waals surface area (Å²) in [5.74, 6) is 0.958. The van der Waals surface area contributed by atoms with Crippen LogP contribution < -0.4 is 5.73 Å². The second-order valence-electron chi connectivity index (χ2n) is 6.32. The molecular weight excluding hydrogens is 250 g/mol. The van der Waals surface area contributed by atoms with E-state index in [1.54, 1.807) is 0 Å². The molecule has 1 saturated heterocycles. The van der Waals surface area contributed by atoms with Gasteiger partial charge in [-0.15, -0.1) is 0 Å². The third-order valence-corrected chi connectivity index (χ3v) is 4.40. The molecule has 0 spiro atoms. The van der Waals surface area contributed by atoms with Gasteiger partial charge in [-0.3, -0.25) is 0 Å². The summed E-state index contributed by atoms with van der Waals surface area (Å²) in [6, 6.07) is 10.7. The van der Waals surface area contributed by atoms with Crippen LogP contribution in [0.15, 0.2) is 35.5 Å². The van der Waals surface area contributed by atoms with Crippen LogP contribution >= 0.6 is 0 Å². The van der Waals surface area contributed by atoms with Crippen LogP contribution in [0.25, 0.3) is 0 Å². The van der Waals surface area contributed by atoms with Crippen LogP contribution in [0.5, 0.6) is 0 Å². The second-order valence-corrected chi connectivity index (χ2v) is 6.32. The van der Waals surface area contributed by atoms with E-state index < -0.39 is 0 Å². The molecule has 0 aromatic heterocycles. The first kappa shape index (κ1) is 14.9. The maximum Gasteiger partial charge on any atom is 0.144 e. The van der Waals surface area contributed by atoms with Crippen molar-refractivity contribution in [2.45, 2.75) is 32.6 Å². The van der Waals surface area contributed by atoms with Crippen LogP contribution in [0.2, 0.25) is 0 Å². The van der Waals surface area contributed by atoms with Gasteiger partial charge >= 0.3 is 0 Å². The number of nitrogens with two attached hydrogens (primary N) is 1. The number of nitrogens with zero attached hydrogens (tertiary/aromatic N) is 2. The highest BCUT2D eigenvalue weighted by Crippen LogP contribution is 2.28. The molecule has 1 aliphatic heterocycles. The molecule has 0 saturated carbocycles. The maximum atomic E-state index is 8.80. The molecule has 0 bridgehead atoms. The molecule has 1 heterocycles. The minimum Gasteiger partial charge on any atom is -0.409 e. The molecule has 1 aliphatic rings. The molecule has 4 nitrogen and oxygen atoms in total. The molecule has 0 amide bonds. The maximum absolute atomic E-state index is 8.80. The van der Waals surface area contributed by atoms with Gasteiger partial charge < -0.3 is 15.8 Å². The number of likely N-dealkylation sites (tertiary alicyclic amines) is 1. The number of hydrogen-bond donors (Lipinski definition) is 2. The molecule has 20 heavy (non-hydrogen) atoms. The highest BCUT2D eigenvalue weighted by molar-refractivity contribution is 5.85. The first-order valence-electron chi connectivity index (χ1n) is 7.28. The van der Waals surface area contributed by atoms with Crippen molar-refractivity contribution in [3.63, 3.8) is 0 Å². The molecule has 1 atom stereocenters. The fourth-order valence-corrected chi connectivity index (χ4v) is 2.73. The van der Waals surface area contributed by atoms with Crippen LogP contribution in [0.1, 0.15) is 38.2 Å². The average Bonchev–Trinajstić information content (AvgIpc) is 2.94. The average molecular weight is 275 g/mol. The van der Waals surface area contributed by atoms with E-state index in [9.17, 15) is 0 Å². The molecule has 3 N–H and O–H groups in total. The lowest BCUT2D eigenvalue weighted by molar-refractivity contribution is 0.276. The Hall–Kier alpha value is -1.55. The standard InChI is InChI=1S/C16H25N3O/c1-16(2,15(17)18-20)9-11-19-10-8-14(12-19)13-6-4-3-5-7-13/h3-7,14,20H,8-12H2,1-2H3,(H2,17,18). The Labute approximate surface area is 121 Å². The Morgan fingerprint density at radius 1 is 1.40 bits per heavy atom. The number of rotatable bonds is 5. The van der Waals surface area contributed by atoms with Crippen molar-refractivity contribution in [2.75, 3.05) is 19.6 Å². The van der Waals surface area contributed by atoms with E-state index >= 15 is 0 Å². The monoisotopic (exact) mass is 275 g/mol. The van der Waals surface area contributed by atoms with Gasteiger partial charge in [-0.25, -0.2) is 0 Å². The quantitative estimate of drug-likeness (QED) is 0.376. The van der Waals surface area contributed by atoms with Crippen molar-refractivity contribution in [3.8, 4) is 0 Å². The lowest BCUT2D eigenvalue weighted by Crippen LogP contribution is -2.35. The van der Waals surface area contributed by atoms with Crippen molar-refractivity contribution < 1.29 is 5.21 Å². The van der Waals surface area contributed by atoms with Gasteiger partial charge in [0.2, 0.25) is 0 Å². The summed E-state index contributed by atoms with van der Waals surface area (Å²) in [6.07, 6.45) is 2.12. The van der Waals surface area contributed by atoms with Gasteiger partial charge in [0.15, 0.2) is 0 Å². The summed E-state index contributed by atoms with van der Waals surface area (Å²) in [7, 11) is 0. The smallest absolute Gasteiger partial charge is 0.144 e. The topological polar surface area (TPSA) is 61.8 Å². The molecule has 0 aliphatic carbocycles. The van der Waals surface area contributed by atoms with Crippen molar-refractivity contribution in [3.05, 3.63) is 35.9 Å². The van der Waals surface area contributed by atoms with Gasteiger partial charge in [0.25, 0.3) is 0 Å². The van der Waals surface area contributed by atoms with E-state index in [-0.39, 0.29) is 5.41 Å². The second kappa shape index (κ2) is 6.27. The number of hydrogen-bond acceptors (Lipinski definition) is 3. The van der Waals surface area contributed by atoms with E-state index in [0.717, 1.165) is 26.1 Å². The Kier molecular flexibility index (Phi) is 4.65. The predicted octanol–water partition coefficient (Wildman–Crippen LogP) is 2.64. The molecule has 1 fully saturated rings. The predicted molar refractivity (Wildman–Crippen MR) is 82.0 cm³/mol. The molecule has 0 radical (unpaired) electrons. The van der Waals surface area contributed by atoms with Crippen LogP contribution in [-0.2, 0) is 0 Å². The molecule has 110 valence electrons. The lowest BCUT2D eigenvalue weighted by Gasteiger charge is -2.26. The number of oxime groups is 1. The summed E-state index contributed by atoms with van der Waals surface area (Å²) < 4.78 is 0. The zero-order valence-corrected chi connectivity index (χ0v) is 12.4. The summed E-state index contributed by atoms with van der Waals surface area (Å²) in [6.45, 7) is 7.27. The third kappa shape index (κ3) is 3.51. The van der Waals surface area contributed by atoms with Crippen LogP contribution in [0.3, 0.4) is 0 Å². The molecule has 1 unspecified atom stereocenters. The van der Waals surface area contributed by atoms with Gasteiger partial charge in [-0.2, -0.15) is 0 Å². The Morgan fingerprint density at radius 2 is 2.10 bits per heavy atom. The molecular formula is C16H25N3O. The summed E-state index contributed by atoms with van der Waals surface area (Å²) in [5.41, 5.74) is 6.92. The van der Waals surface area contributed by atoms with Gasteiger partial charge in [-0.1, -0.05) is 49.3 Å². The van der Waals surface area contributed by atoms with Crippen molar-refractivity contribution >= 4 is 5.84 Å². The van der Waals surface area contributed by atoms with Crippen molar-refractivity contribution in [2.24, 2.45) is 16.3 Å². The first-order chi connectivity index (χ1) is 9.53. The van der Waals surface area contributed by atoms with Gasteiger partial charge in [-0.05, 0) is 37.4 Å². The zero-order chi connectivity index (χ0) is 14.6. The molecule has 4 heteroatoms. The van der Waals surface area contributed by atoms with Gasteiger partial charge in [0.1, 0.15) is 5.84 Å². The van der Waals surface area contributed by atoms with E-state index in [0.29, 0.717) is 11.8 Å². The number of benzene rings is 1. The van der Waals surface area contributed by atoms with Gasteiger partial charge in [0.05, 0.1) is 0 Å². The summed E-state index contributed by atoms with van der Waals surface area (Å²) in [5, 5.41) is 11.9. The normalized spacial score (nSPS) is 21.3. The zero-order valence-electron chi connectivity index (χ0n) is 12.4. The minimum absolute atomic E-state index is 0.250. The first-order valence-corrected chi connectivity index (χ1v) is 7.28. The highest BCUT2D eigenvalue weighted by Gasteiger charge is 2.28. The molecule has 2 rings (SSSR count). The van der Waals surface area contributed by atoms with Crippen molar-refractivity contribution in [1.82, 2.24) is 4.90 Å². The van der Waals surface area contributed by atoms with E-state index in [1.165, 1.54) is 12.0 Å². The highest BCUT2D eigenvalue weighted by atomic mass is 16.4. The Morgan fingerprint density at radius 3 is 2.75 bits per heavy atom. The Balaban J connectivity index is 1.85. The van der Waals surface area contributed by atoms with E-state index in [4.69, 9.17) is 10.9 Å². The van der Waals surface area contributed by atoms with Gasteiger partial charge in [0, 0.05) is 12.0 Å². The summed E-state index contributed by atoms with van der Waals surface area (Å²) >= 11 is 0.